The van der Waals surface area contributed by atoms with Crippen molar-refractivity contribution in [1.82, 2.24) is 5.32 Å². The van der Waals surface area contributed by atoms with Crippen LogP contribution in [0.5, 0.6) is 0 Å². The number of benzene rings is 2. The van der Waals surface area contributed by atoms with Crippen LogP contribution in [-0.2, 0) is 0 Å². The molecule has 138 valence electrons. The van der Waals surface area contributed by atoms with Gasteiger partial charge in [-0.3, -0.25) is 0 Å². The number of carbonyl (C=O) groups excluding carboxylic acids is 1. The van der Waals surface area contributed by atoms with Gasteiger partial charge in [-0.25, -0.2) is 4.79 Å². The van der Waals surface area contributed by atoms with Gasteiger partial charge in [0.25, 0.3) is 0 Å². The molecule has 3 rings (SSSR count). The second-order valence-corrected chi connectivity index (χ2v) is 7.64. The van der Waals surface area contributed by atoms with Gasteiger partial charge in [0.2, 0.25) is 0 Å². The van der Waals surface area contributed by atoms with Gasteiger partial charge in [0.1, 0.15) is 0 Å². The zero-order chi connectivity index (χ0) is 18.4. The van der Waals surface area contributed by atoms with E-state index in [9.17, 15) is 9.90 Å². The Balaban J connectivity index is 1.62. The molecule has 26 heavy (non-hydrogen) atoms. The van der Waals surface area contributed by atoms with Gasteiger partial charge >= 0.3 is 6.03 Å². The summed E-state index contributed by atoms with van der Waals surface area (Å²) in [7, 11) is 0. The molecule has 2 aromatic carbocycles. The first-order valence-electron chi connectivity index (χ1n) is 8.53. The van der Waals surface area contributed by atoms with E-state index in [0.29, 0.717) is 10.7 Å². The zero-order valence-electron chi connectivity index (χ0n) is 14.3. The Kier molecular flexibility index (Phi) is 6.66. The molecule has 1 saturated heterocycles. The predicted molar refractivity (Wildman–Crippen MR) is 109 cm³/mol. The van der Waals surface area contributed by atoms with Crippen LogP contribution in [0.4, 0.5) is 16.2 Å². The lowest BCUT2D eigenvalue weighted by Crippen LogP contribution is -2.34. The number of hydrogen-bond acceptors (Lipinski definition) is 4. The highest BCUT2D eigenvalue weighted by molar-refractivity contribution is 7.99. The van der Waals surface area contributed by atoms with Gasteiger partial charge in [0.15, 0.2) is 0 Å². The number of halogens is 1. The molecule has 0 aromatic heterocycles. The van der Waals surface area contributed by atoms with Crippen molar-refractivity contribution in [2.24, 2.45) is 0 Å². The number of nitrogens with zero attached hydrogens (tertiary/aromatic N) is 1. The summed E-state index contributed by atoms with van der Waals surface area (Å²) in [5, 5.41) is 15.7. The Morgan fingerprint density at radius 3 is 2.58 bits per heavy atom. The Hall–Kier alpha value is -1.89. The second-order valence-electron chi connectivity index (χ2n) is 6.01. The number of anilines is 2. The highest BCUT2D eigenvalue weighted by atomic mass is 35.5. The first kappa shape index (κ1) is 18.9. The van der Waals surface area contributed by atoms with Crippen molar-refractivity contribution >= 4 is 40.8 Å². The molecule has 0 bridgehead atoms. The molecule has 2 amide bonds. The van der Waals surface area contributed by atoms with Gasteiger partial charge in [0, 0.05) is 30.3 Å². The van der Waals surface area contributed by atoms with E-state index in [1.165, 1.54) is 0 Å². The van der Waals surface area contributed by atoms with E-state index in [1.54, 1.807) is 6.07 Å². The highest BCUT2D eigenvalue weighted by Crippen LogP contribution is 2.30. The van der Waals surface area contributed by atoms with Crippen LogP contribution in [0.2, 0.25) is 5.02 Å². The van der Waals surface area contributed by atoms with Gasteiger partial charge in [-0.05, 0) is 23.8 Å². The standard InChI is InChI=1S/C19H22ClN3O2S/c20-16-12-15(6-7-18(16)23-8-10-26-11-9-23)21-19(25)22-17(13-24)14-4-2-1-3-5-14/h1-7,12,17,24H,8-11,13H2,(H2,21,22,25)/t17-/m1/s1. The van der Waals surface area contributed by atoms with Crippen LogP contribution >= 0.6 is 23.4 Å². The van der Waals surface area contributed by atoms with Crippen LogP contribution in [0, 0.1) is 0 Å². The normalized spacial score (nSPS) is 15.4. The molecule has 0 unspecified atom stereocenters. The summed E-state index contributed by atoms with van der Waals surface area (Å²) >= 11 is 8.36. The second kappa shape index (κ2) is 9.16. The maximum atomic E-state index is 12.3. The third-order valence-corrected chi connectivity index (χ3v) is 5.49. The number of nitrogens with one attached hydrogen (secondary N) is 2. The van der Waals surface area contributed by atoms with Crippen molar-refractivity contribution in [2.45, 2.75) is 6.04 Å². The Labute approximate surface area is 162 Å². The number of amides is 2. The first-order valence-corrected chi connectivity index (χ1v) is 10.1. The molecule has 0 spiro atoms. The predicted octanol–water partition coefficient (Wildman–Crippen LogP) is 3.75. The molecule has 0 aliphatic carbocycles. The summed E-state index contributed by atoms with van der Waals surface area (Å²) in [6.45, 7) is 1.78. The molecular formula is C19H22ClN3O2S. The molecule has 5 nitrogen and oxygen atoms in total. The highest BCUT2D eigenvalue weighted by Gasteiger charge is 2.16. The molecule has 1 fully saturated rings. The maximum Gasteiger partial charge on any atom is 0.319 e. The van der Waals surface area contributed by atoms with Crippen LogP contribution in [0.3, 0.4) is 0 Å². The van der Waals surface area contributed by atoms with Crippen LogP contribution in [0.1, 0.15) is 11.6 Å². The third-order valence-electron chi connectivity index (χ3n) is 4.25. The van der Waals surface area contributed by atoms with E-state index in [2.05, 4.69) is 15.5 Å². The van der Waals surface area contributed by atoms with Crippen LogP contribution < -0.4 is 15.5 Å². The van der Waals surface area contributed by atoms with Crippen molar-refractivity contribution in [2.75, 3.05) is 41.4 Å². The van der Waals surface area contributed by atoms with E-state index in [0.717, 1.165) is 35.8 Å². The molecular weight excluding hydrogens is 370 g/mol. The van der Waals surface area contributed by atoms with E-state index < -0.39 is 6.04 Å². The molecule has 3 N–H and O–H groups in total. The van der Waals surface area contributed by atoms with Crippen molar-refractivity contribution in [3.63, 3.8) is 0 Å². The van der Waals surface area contributed by atoms with Crippen LogP contribution in [0.15, 0.2) is 48.5 Å². The maximum absolute atomic E-state index is 12.3. The van der Waals surface area contributed by atoms with Gasteiger partial charge in [-0.2, -0.15) is 11.8 Å². The van der Waals surface area contributed by atoms with E-state index >= 15 is 0 Å². The monoisotopic (exact) mass is 391 g/mol. The van der Waals surface area contributed by atoms with Gasteiger partial charge in [0.05, 0.1) is 23.4 Å². The SMILES string of the molecule is O=C(Nc1ccc(N2CCSCC2)c(Cl)c1)N[C@H](CO)c1ccccc1. The van der Waals surface area contributed by atoms with E-state index in [4.69, 9.17) is 11.6 Å². The van der Waals surface area contributed by atoms with Crippen LogP contribution in [-0.4, -0.2) is 42.3 Å². The molecule has 1 heterocycles. The smallest absolute Gasteiger partial charge is 0.319 e. The fraction of sp³-hybridized carbons (Fsp3) is 0.316. The number of aliphatic hydroxyl groups excluding tert-OH is 1. The van der Waals surface area contributed by atoms with Crippen molar-refractivity contribution in [1.29, 1.82) is 0 Å². The molecule has 1 aliphatic heterocycles. The molecule has 2 aromatic rings. The molecule has 1 atom stereocenters. The largest absolute Gasteiger partial charge is 0.394 e. The number of urea groups is 1. The number of aliphatic hydroxyl groups is 1. The summed E-state index contributed by atoms with van der Waals surface area (Å²) in [5.74, 6) is 2.20. The minimum absolute atomic E-state index is 0.176. The Morgan fingerprint density at radius 1 is 1.19 bits per heavy atom. The topological polar surface area (TPSA) is 64.6 Å². The lowest BCUT2D eigenvalue weighted by Gasteiger charge is -2.29. The van der Waals surface area contributed by atoms with Crippen LogP contribution in [0.25, 0.3) is 0 Å². The fourth-order valence-corrected chi connectivity index (χ4v) is 4.09. The van der Waals surface area contributed by atoms with E-state index in [1.807, 2.05) is 54.2 Å². The van der Waals surface area contributed by atoms with Crippen molar-refractivity contribution in [3.05, 3.63) is 59.1 Å². The Morgan fingerprint density at radius 2 is 1.92 bits per heavy atom. The summed E-state index contributed by atoms with van der Waals surface area (Å²) in [6.07, 6.45) is 0. The number of thioether (sulfide) groups is 1. The average Bonchev–Trinajstić information content (AvgIpc) is 2.67. The Bertz CT molecular complexity index is 739. The van der Waals surface area contributed by atoms with Gasteiger partial charge in [-0.15, -0.1) is 0 Å². The zero-order valence-corrected chi connectivity index (χ0v) is 15.9. The summed E-state index contributed by atoms with van der Waals surface area (Å²) in [4.78, 5) is 14.5. The number of carbonyl (C=O) groups is 1. The lowest BCUT2D eigenvalue weighted by molar-refractivity contribution is 0.225. The lowest BCUT2D eigenvalue weighted by atomic mass is 10.1. The van der Waals surface area contributed by atoms with Crippen molar-refractivity contribution < 1.29 is 9.90 Å². The molecule has 0 saturated carbocycles. The van der Waals surface area contributed by atoms with Gasteiger partial charge in [-0.1, -0.05) is 41.9 Å². The quantitative estimate of drug-likeness (QED) is 0.726. The summed E-state index contributed by atoms with van der Waals surface area (Å²) in [6, 6.07) is 14.1. The summed E-state index contributed by atoms with van der Waals surface area (Å²) < 4.78 is 0. The third kappa shape index (κ3) is 4.84. The number of rotatable bonds is 5. The van der Waals surface area contributed by atoms with E-state index in [-0.39, 0.29) is 12.6 Å². The molecule has 1 aliphatic rings. The van der Waals surface area contributed by atoms with Gasteiger partial charge < -0.3 is 20.6 Å². The fourth-order valence-electron chi connectivity index (χ4n) is 2.89. The minimum atomic E-state index is -0.461. The average molecular weight is 392 g/mol. The molecule has 7 heteroatoms. The molecule has 0 radical (unpaired) electrons. The first-order chi connectivity index (χ1) is 12.7. The number of hydrogen-bond donors (Lipinski definition) is 3. The summed E-state index contributed by atoms with van der Waals surface area (Å²) in [5.41, 5.74) is 2.46. The van der Waals surface area contributed by atoms with Crippen molar-refractivity contribution in [3.8, 4) is 0 Å². The minimum Gasteiger partial charge on any atom is -0.394 e.